The third kappa shape index (κ3) is 5.05. The SMILES string of the molecule is Cc1cn(-c2ccc(-c3cc(F)c(CO)c(S(C)(=O)=O)c3)cc2-c2nc(C)oc2-c2ccc(Cl)c(F)c2)c(C)n1. The third-order valence-corrected chi connectivity index (χ3v) is 7.95. The van der Waals surface area contributed by atoms with Crippen LogP contribution in [0, 0.1) is 32.4 Å². The van der Waals surface area contributed by atoms with Gasteiger partial charge in [0.1, 0.15) is 23.2 Å². The highest BCUT2D eigenvalue weighted by Crippen LogP contribution is 2.40. The van der Waals surface area contributed by atoms with Gasteiger partial charge in [0.05, 0.1) is 27.9 Å². The molecule has 0 fully saturated rings. The lowest BCUT2D eigenvalue weighted by Crippen LogP contribution is -2.06. The Morgan fingerprint density at radius 2 is 1.65 bits per heavy atom. The van der Waals surface area contributed by atoms with Crippen molar-refractivity contribution in [1.29, 1.82) is 0 Å². The van der Waals surface area contributed by atoms with Crippen LogP contribution in [-0.4, -0.2) is 34.3 Å². The van der Waals surface area contributed by atoms with Crippen molar-refractivity contribution in [3.63, 3.8) is 0 Å². The second-order valence-corrected chi connectivity index (χ2v) is 11.8. The van der Waals surface area contributed by atoms with Crippen LogP contribution in [0.3, 0.4) is 0 Å². The minimum atomic E-state index is -3.85. The number of halogens is 3. The lowest BCUT2D eigenvalue weighted by atomic mass is 9.97. The van der Waals surface area contributed by atoms with E-state index in [4.69, 9.17) is 16.0 Å². The lowest BCUT2D eigenvalue weighted by Gasteiger charge is -2.15. The molecule has 5 aromatic rings. The van der Waals surface area contributed by atoms with Crippen molar-refractivity contribution >= 4 is 21.4 Å². The van der Waals surface area contributed by atoms with E-state index in [1.807, 2.05) is 24.6 Å². The maximum Gasteiger partial charge on any atom is 0.192 e. The number of aromatic nitrogens is 3. The Kier molecular flexibility index (Phi) is 7.11. The molecule has 0 aliphatic heterocycles. The maximum atomic E-state index is 15.0. The number of oxazole rings is 1. The number of imidazole rings is 1. The summed E-state index contributed by atoms with van der Waals surface area (Å²) in [6, 6.07) is 12.0. The smallest absolute Gasteiger partial charge is 0.192 e. The fourth-order valence-corrected chi connectivity index (χ4v) is 5.75. The molecule has 0 radical (unpaired) electrons. The minimum Gasteiger partial charge on any atom is -0.440 e. The van der Waals surface area contributed by atoms with E-state index in [-0.39, 0.29) is 21.0 Å². The van der Waals surface area contributed by atoms with E-state index in [1.54, 1.807) is 31.2 Å². The van der Waals surface area contributed by atoms with Gasteiger partial charge in [-0.2, -0.15) is 0 Å². The third-order valence-electron chi connectivity index (χ3n) is 6.48. The van der Waals surface area contributed by atoms with Gasteiger partial charge in [0.15, 0.2) is 21.5 Å². The topological polar surface area (TPSA) is 98.2 Å². The van der Waals surface area contributed by atoms with E-state index in [2.05, 4.69) is 9.97 Å². The van der Waals surface area contributed by atoms with Gasteiger partial charge < -0.3 is 14.1 Å². The van der Waals surface area contributed by atoms with Crippen molar-refractivity contribution in [2.75, 3.05) is 6.26 Å². The summed E-state index contributed by atoms with van der Waals surface area (Å²) in [6.45, 7) is 4.60. The minimum absolute atomic E-state index is 0.0382. The Morgan fingerprint density at radius 1 is 0.950 bits per heavy atom. The number of benzene rings is 3. The second-order valence-electron chi connectivity index (χ2n) is 9.44. The van der Waals surface area contributed by atoms with Crippen LogP contribution < -0.4 is 0 Å². The predicted octanol–water partition coefficient (Wildman–Crippen LogP) is 6.61. The number of aliphatic hydroxyl groups excluding tert-OH is 1. The first-order chi connectivity index (χ1) is 18.9. The number of sulfone groups is 1. The number of aliphatic hydroxyl groups is 1. The van der Waals surface area contributed by atoms with Crippen molar-refractivity contribution in [2.45, 2.75) is 32.3 Å². The largest absolute Gasteiger partial charge is 0.440 e. The zero-order valence-electron chi connectivity index (χ0n) is 22.0. The molecule has 206 valence electrons. The van der Waals surface area contributed by atoms with Crippen LogP contribution >= 0.6 is 11.6 Å². The standard InChI is InChI=1S/C29H24ClF2N3O4S/c1-15-13-35(16(2)33-15)26-8-6-18(20-11-24(31)22(14-36)27(12-20)40(4,37)38)9-21(26)28-29(39-17(3)34-28)19-5-7-23(30)25(32)10-19/h5-13,36H,14H2,1-4H3. The van der Waals surface area contributed by atoms with Gasteiger partial charge in [0.2, 0.25) is 0 Å². The quantitative estimate of drug-likeness (QED) is 0.241. The van der Waals surface area contributed by atoms with Crippen molar-refractivity contribution in [3.8, 4) is 39.4 Å². The van der Waals surface area contributed by atoms with Crippen LogP contribution in [0.5, 0.6) is 0 Å². The number of nitrogens with zero attached hydrogens (tertiary/aromatic N) is 3. The molecule has 40 heavy (non-hydrogen) atoms. The Hall–Kier alpha value is -3.86. The molecule has 0 unspecified atom stereocenters. The summed E-state index contributed by atoms with van der Waals surface area (Å²) in [4.78, 5) is 8.80. The van der Waals surface area contributed by atoms with Gasteiger partial charge in [-0.25, -0.2) is 27.2 Å². The van der Waals surface area contributed by atoms with E-state index in [9.17, 15) is 22.3 Å². The molecule has 7 nitrogen and oxygen atoms in total. The number of hydrogen-bond donors (Lipinski definition) is 1. The number of hydrogen-bond acceptors (Lipinski definition) is 6. The van der Waals surface area contributed by atoms with Gasteiger partial charge in [-0.05, 0) is 67.4 Å². The van der Waals surface area contributed by atoms with E-state index in [1.165, 1.54) is 24.3 Å². The van der Waals surface area contributed by atoms with Crippen LogP contribution in [0.25, 0.3) is 39.4 Å². The van der Waals surface area contributed by atoms with E-state index in [0.29, 0.717) is 45.5 Å². The summed E-state index contributed by atoms with van der Waals surface area (Å²) in [5, 5.41) is 9.58. The molecule has 0 saturated carbocycles. The van der Waals surface area contributed by atoms with Crippen LogP contribution in [0.4, 0.5) is 8.78 Å². The Labute approximate surface area is 234 Å². The van der Waals surface area contributed by atoms with Crippen LogP contribution in [-0.2, 0) is 16.4 Å². The molecule has 5 rings (SSSR count). The monoisotopic (exact) mass is 583 g/mol. The molecule has 0 bridgehead atoms. The van der Waals surface area contributed by atoms with Crippen molar-refractivity contribution < 1.29 is 26.7 Å². The van der Waals surface area contributed by atoms with Gasteiger partial charge in [-0.1, -0.05) is 17.7 Å². The summed E-state index contributed by atoms with van der Waals surface area (Å²) in [7, 11) is -3.85. The Balaban J connectivity index is 1.80. The molecule has 0 aliphatic rings. The zero-order valence-corrected chi connectivity index (χ0v) is 23.5. The summed E-state index contributed by atoms with van der Waals surface area (Å²) in [6.07, 6.45) is 2.80. The Morgan fingerprint density at radius 3 is 2.27 bits per heavy atom. The molecule has 0 atom stereocenters. The first-order valence-corrected chi connectivity index (χ1v) is 14.4. The molecule has 1 N–H and O–H groups in total. The predicted molar refractivity (Wildman–Crippen MR) is 148 cm³/mol. The van der Waals surface area contributed by atoms with Gasteiger partial charge in [0.25, 0.3) is 0 Å². The second kappa shape index (κ2) is 10.3. The van der Waals surface area contributed by atoms with Crippen LogP contribution in [0.15, 0.2) is 64.0 Å². The first kappa shape index (κ1) is 27.7. The van der Waals surface area contributed by atoms with E-state index < -0.39 is 28.1 Å². The van der Waals surface area contributed by atoms with Gasteiger partial charge in [-0.15, -0.1) is 0 Å². The first-order valence-electron chi connectivity index (χ1n) is 12.1. The summed E-state index contributed by atoms with van der Waals surface area (Å²) >= 11 is 5.90. The lowest BCUT2D eigenvalue weighted by molar-refractivity contribution is 0.272. The molecule has 3 aromatic carbocycles. The Bertz CT molecular complexity index is 1900. The molecular weight excluding hydrogens is 560 g/mol. The molecule has 0 aliphatic carbocycles. The molecule has 0 spiro atoms. The highest BCUT2D eigenvalue weighted by Gasteiger charge is 2.23. The van der Waals surface area contributed by atoms with E-state index in [0.717, 1.165) is 11.9 Å². The number of aryl methyl sites for hydroxylation is 3. The van der Waals surface area contributed by atoms with Crippen LogP contribution in [0.2, 0.25) is 5.02 Å². The van der Waals surface area contributed by atoms with Crippen molar-refractivity contribution in [2.24, 2.45) is 0 Å². The molecule has 2 heterocycles. The molecule has 0 amide bonds. The normalized spacial score (nSPS) is 11.8. The fraction of sp³-hybridized carbons (Fsp3) is 0.172. The maximum absolute atomic E-state index is 15.0. The van der Waals surface area contributed by atoms with Crippen molar-refractivity contribution in [3.05, 3.63) is 94.4 Å². The average molecular weight is 584 g/mol. The molecular formula is C29H24ClF2N3O4S. The van der Waals surface area contributed by atoms with E-state index >= 15 is 0 Å². The summed E-state index contributed by atoms with van der Waals surface area (Å²) < 4.78 is 62.0. The summed E-state index contributed by atoms with van der Waals surface area (Å²) in [5.74, 6) is -0.153. The van der Waals surface area contributed by atoms with Crippen LogP contribution in [0.1, 0.15) is 23.0 Å². The fourth-order valence-electron chi connectivity index (χ4n) is 4.68. The highest BCUT2D eigenvalue weighted by molar-refractivity contribution is 7.90. The highest BCUT2D eigenvalue weighted by atomic mass is 35.5. The zero-order chi connectivity index (χ0) is 28.9. The van der Waals surface area contributed by atoms with Crippen molar-refractivity contribution in [1.82, 2.24) is 14.5 Å². The molecule has 2 aromatic heterocycles. The molecule has 11 heteroatoms. The van der Waals surface area contributed by atoms with Gasteiger partial charge >= 0.3 is 0 Å². The van der Waals surface area contributed by atoms with Gasteiger partial charge in [0, 0.05) is 36.1 Å². The summed E-state index contributed by atoms with van der Waals surface area (Å²) in [5.41, 5.74) is 3.25. The van der Waals surface area contributed by atoms with Gasteiger partial charge in [-0.3, -0.25) is 0 Å². The number of rotatable bonds is 6. The molecule has 0 saturated heterocycles. The average Bonchev–Trinajstić information content (AvgIpc) is 3.45.